The summed E-state index contributed by atoms with van der Waals surface area (Å²) in [4.78, 5) is 30.3. The monoisotopic (exact) mass is 490 g/mol. The molecule has 2 N–H and O–H groups in total. The number of carbonyl (C=O) groups excluding carboxylic acids is 2. The second kappa shape index (κ2) is 9.72. The van der Waals surface area contributed by atoms with Crippen LogP contribution >= 0.6 is 0 Å². The minimum Gasteiger partial charge on any atom is -0.496 e. The maximum Gasteiger partial charge on any atom is 0.260 e. The molecule has 9 heteroatoms. The van der Waals surface area contributed by atoms with Crippen LogP contribution in [0, 0.1) is 12.3 Å². The number of benzene rings is 1. The average Bonchev–Trinajstić information content (AvgIpc) is 3.38. The standard InChI is InChI=1S/C27H34N6O3/c1-15(2)33-14-28-32-24(33)20-9-8-10-23(29-20)31-25(34)19-12-17(16(3)11-22(19)36-7)18-13-21(18)30-26(35)27(4,5)6/h8-12,14-15,18,21H,13H2,1-7H3,(H,30,35)(H,29,31,34). The lowest BCUT2D eigenvalue weighted by atomic mass is 9.95. The maximum atomic E-state index is 13.3. The molecule has 1 aromatic carbocycles. The topological polar surface area (TPSA) is 111 Å². The highest BCUT2D eigenvalue weighted by Crippen LogP contribution is 2.44. The Morgan fingerprint density at radius 1 is 1.19 bits per heavy atom. The van der Waals surface area contributed by atoms with Gasteiger partial charge in [0.05, 0.1) is 12.7 Å². The first kappa shape index (κ1) is 25.3. The van der Waals surface area contributed by atoms with Crippen LogP contribution in [-0.4, -0.2) is 44.7 Å². The van der Waals surface area contributed by atoms with E-state index in [1.54, 1.807) is 19.5 Å². The van der Waals surface area contributed by atoms with Crippen molar-refractivity contribution in [2.75, 3.05) is 12.4 Å². The van der Waals surface area contributed by atoms with Gasteiger partial charge in [0, 0.05) is 23.4 Å². The van der Waals surface area contributed by atoms with Crippen molar-refractivity contribution in [1.29, 1.82) is 0 Å². The van der Waals surface area contributed by atoms with Crippen LogP contribution in [0.3, 0.4) is 0 Å². The molecule has 2 amide bonds. The third-order valence-corrected chi connectivity index (χ3v) is 6.37. The van der Waals surface area contributed by atoms with Gasteiger partial charge in [-0.25, -0.2) is 4.98 Å². The fourth-order valence-corrected chi connectivity index (χ4v) is 4.14. The van der Waals surface area contributed by atoms with Crippen molar-refractivity contribution in [2.45, 2.75) is 66.0 Å². The SMILES string of the molecule is COc1cc(C)c(C2CC2NC(=O)C(C)(C)C)cc1C(=O)Nc1cccc(-c2nncn2C(C)C)n1. The quantitative estimate of drug-likeness (QED) is 0.504. The minimum absolute atomic E-state index is 0.0263. The van der Waals surface area contributed by atoms with Gasteiger partial charge >= 0.3 is 0 Å². The lowest BCUT2D eigenvalue weighted by Gasteiger charge is -2.18. The van der Waals surface area contributed by atoms with Gasteiger partial charge in [0.15, 0.2) is 5.82 Å². The van der Waals surface area contributed by atoms with Gasteiger partial charge in [0.2, 0.25) is 5.91 Å². The first-order valence-electron chi connectivity index (χ1n) is 12.2. The number of anilines is 1. The van der Waals surface area contributed by atoms with Gasteiger partial charge in [-0.05, 0) is 62.6 Å². The molecule has 2 aromatic heterocycles. The first-order chi connectivity index (χ1) is 17.0. The molecular formula is C27H34N6O3. The van der Waals surface area contributed by atoms with Crippen LogP contribution < -0.4 is 15.4 Å². The summed E-state index contributed by atoms with van der Waals surface area (Å²) >= 11 is 0. The minimum atomic E-state index is -0.447. The predicted molar refractivity (Wildman–Crippen MR) is 138 cm³/mol. The molecule has 0 aliphatic heterocycles. The molecule has 0 saturated heterocycles. The zero-order chi connectivity index (χ0) is 26.2. The number of nitrogens with one attached hydrogen (secondary N) is 2. The molecule has 9 nitrogen and oxygen atoms in total. The number of aryl methyl sites for hydroxylation is 1. The molecule has 190 valence electrons. The molecule has 36 heavy (non-hydrogen) atoms. The zero-order valence-corrected chi connectivity index (χ0v) is 21.9. The van der Waals surface area contributed by atoms with Crippen LogP contribution in [-0.2, 0) is 4.79 Å². The third kappa shape index (κ3) is 5.24. The summed E-state index contributed by atoms with van der Waals surface area (Å²) in [7, 11) is 1.55. The smallest absolute Gasteiger partial charge is 0.260 e. The number of hydrogen-bond acceptors (Lipinski definition) is 6. The number of methoxy groups -OCH3 is 1. The molecule has 1 fully saturated rings. The Balaban J connectivity index is 1.56. The second-order valence-corrected chi connectivity index (χ2v) is 10.6. The summed E-state index contributed by atoms with van der Waals surface area (Å²) in [5, 5.41) is 14.2. The number of rotatable bonds is 7. The largest absolute Gasteiger partial charge is 0.496 e. The third-order valence-electron chi connectivity index (χ3n) is 6.37. The maximum absolute atomic E-state index is 13.3. The number of amides is 2. The van der Waals surface area contributed by atoms with Crippen molar-refractivity contribution in [2.24, 2.45) is 5.41 Å². The highest BCUT2D eigenvalue weighted by atomic mass is 16.5. The van der Waals surface area contributed by atoms with Crippen LogP contribution in [0.5, 0.6) is 5.75 Å². The van der Waals surface area contributed by atoms with Crippen molar-refractivity contribution in [3.8, 4) is 17.3 Å². The number of nitrogens with zero attached hydrogens (tertiary/aromatic N) is 4. The molecule has 4 rings (SSSR count). The Kier molecular flexibility index (Phi) is 6.84. The van der Waals surface area contributed by atoms with E-state index in [-0.39, 0.29) is 29.8 Å². The molecule has 3 aromatic rings. The van der Waals surface area contributed by atoms with Crippen LogP contribution in [0.4, 0.5) is 5.82 Å². The molecule has 1 aliphatic carbocycles. The van der Waals surface area contributed by atoms with Crippen molar-refractivity contribution in [1.82, 2.24) is 25.1 Å². The summed E-state index contributed by atoms with van der Waals surface area (Å²) < 4.78 is 7.45. The second-order valence-electron chi connectivity index (χ2n) is 10.6. The fraction of sp³-hybridized carbons (Fsp3) is 0.444. The lowest BCUT2D eigenvalue weighted by Crippen LogP contribution is -2.36. The van der Waals surface area contributed by atoms with Gasteiger partial charge in [-0.3, -0.25) is 9.59 Å². The molecule has 2 heterocycles. The molecule has 0 bridgehead atoms. The summed E-state index contributed by atoms with van der Waals surface area (Å²) in [6.07, 6.45) is 2.51. The predicted octanol–water partition coefficient (Wildman–Crippen LogP) is 4.51. The first-order valence-corrected chi connectivity index (χ1v) is 12.2. The highest BCUT2D eigenvalue weighted by Gasteiger charge is 2.42. The van der Waals surface area contributed by atoms with E-state index in [2.05, 4.69) is 25.8 Å². The van der Waals surface area contributed by atoms with E-state index in [1.165, 1.54) is 0 Å². The molecule has 0 spiro atoms. The van der Waals surface area contributed by atoms with E-state index in [4.69, 9.17) is 4.74 Å². The van der Waals surface area contributed by atoms with E-state index >= 15 is 0 Å². The molecule has 1 saturated carbocycles. The molecule has 0 radical (unpaired) electrons. The van der Waals surface area contributed by atoms with E-state index in [0.717, 1.165) is 17.5 Å². The van der Waals surface area contributed by atoms with E-state index in [0.29, 0.717) is 28.6 Å². The van der Waals surface area contributed by atoms with Gasteiger partial charge in [0.25, 0.3) is 5.91 Å². The Morgan fingerprint density at radius 2 is 1.94 bits per heavy atom. The van der Waals surface area contributed by atoms with Crippen molar-refractivity contribution < 1.29 is 14.3 Å². The van der Waals surface area contributed by atoms with E-state index in [1.807, 2.05) is 70.4 Å². The van der Waals surface area contributed by atoms with E-state index in [9.17, 15) is 9.59 Å². The number of ether oxygens (including phenoxy) is 1. The average molecular weight is 491 g/mol. The normalized spacial score (nSPS) is 17.1. The lowest BCUT2D eigenvalue weighted by molar-refractivity contribution is -0.128. The summed E-state index contributed by atoms with van der Waals surface area (Å²) in [5.74, 6) is 1.39. The number of pyridine rings is 1. The summed E-state index contributed by atoms with van der Waals surface area (Å²) in [5.41, 5.74) is 2.65. The highest BCUT2D eigenvalue weighted by molar-refractivity contribution is 6.06. The van der Waals surface area contributed by atoms with Crippen molar-refractivity contribution >= 4 is 17.6 Å². The fourth-order valence-electron chi connectivity index (χ4n) is 4.14. The number of carbonyl (C=O) groups is 2. The molecule has 1 aliphatic rings. The van der Waals surface area contributed by atoms with Gasteiger partial charge in [-0.1, -0.05) is 26.8 Å². The van der Waals surface area contributed by atoms with Gasteiger partial charge < -0.3 is 19.9 Å². The van der Waals surface area contributed by atoms with Crippen LogP contribution in [0.15, 0.2) is 36.7 Å². The number of aromatic nitrogens is 4. The Morgan fingerprint density at radius 3 is 2.61 bits per heavy atom. The summed E-state index contributed by atoms with van der Waals surface area (Å²) in [6, 6.07) is 9.37. The zero-order valence-electron chi connectivity index (χ0n) is 21.9. The Labute approximate surface area is 211 Å². The van der Waals surface area contributed by atoms with E-state index < -0.39 is 5.41 Å². The Hall–Kier alpha value is -3.75. The van der Waals surface area contributed by atoms with Crippen LogP contribution in [0.1, 0.15) is 74.5 Å². The molecule has 2 unspecified atom stereocenters. The molecular weight excluding hydrogens is 456 g/mol. The van der Waals surface area contributed by atoms with Crippen molar-refractivity contribution in [3.63, 3.8) is 0 Å². The Bertz CT molecular complexity index is 1290. The summed E-state index contributed by atoms with van der Waals surface area (Å²) in [6.45, 7) is 11.8. The van der Waals surface area contributed by atoms with Crippen LogP contribution in [0.25, 0.3) is 11.5 Å². The van der Waals surface area contributed by atoms with Crippen LogP contribution in [0.2, 0.25) is 0 Å². The van der Waals surface area contributed by atoms with Crippen molar-refractivity contribution in [3.05, 3.63) is 53.3 Å². The molecule has 2 atom stereocenters. The number of hydrogen-bond donors (Lipinski definition) is 2. The van der Waals surface area contributed by atoms with Gasteiger partial charge in [-0.15, -0.1) is 10.2 Å². The van der Waals surface area contributed by atoms with Gasteiger partial charge in [0.1, 0.15) is 23.6 Å². The van der Waals surface area contributed by atoms with Gasteiger partial charge in [-0.2, -0.15) is 0 Å².